The smallest absolute Gasteiger partial charge is 0.492 e. The van der Waals surface area contributed by atoms with Crippen LogP contribution in [0.25, 0.3) is 0 Å². The van der Waals surface area contributed by atoms with Gasteiger partial charge in [-0.2, -0.15) is 0 Å². The summed E-state index contributed by atoms with van der Waals surface area (Å²) in [6.07, 6.45) is -3.69. The lowest BCUT2D eigenvalue weighted by atomic mass is 10.3. The molecule has 1 aromatic heterocycles. The van der Waals surface area contributed by atoms with Crippen LogP contribution in [0.2, 0.25) is 0 Å². The number of hydrogen-bond acceptors (Lipinski definition) is 3. The zero-order valence-corrected chi connectivity index (χ0v) is 9.61. The molecule has 0 aromatic carbocycles. The fourth-order valence-electron chi connectivity index (χ4n) is 1.06. The van der Waals surface area contributed by atoms with E-state index in [-0.39, 0.29) is 11.1 Å². The van der Waals surface area contributed by atoms with Crippen LogP contribution in [0.1, 0.15) is 5.56 Å². The maximum atomic E-state index is 12.0. The van der Waals surface area contributed by atoms with Crippen molar-refractivity contribution in [3.05, 3.63) is 22.1 Å². The Balaban J connectivity index is 3.29. The average Bonchev–Trinajstić information content (AvgIpc) is 2.19. The van der Waals surface area contributed by atoms with Gasteiger partial charge < -0.3 is 14.5 Å². The Morgan fingerprint density at radius 1 is 1.44 bits per heavy atom. The molecule has 16 heavy (non-hydrogen) atoms. The van der Waals surface area contributed by atoms with E-state index < -0.39 is 17.7 Å². The van der Waals surface area contributed by atoms with E-state index in [0.717, 1.165) is 7.11 Å². The lowest BCUT2D eigenvalue weighted by Gasteiger charge is -2.13. The molecule has 1 aromatic rings. The Morgan fingerprint density at radius 2 is 2.06 bits per heavy atom. The molecule has 0 aliphatic carbocycles. The quantitative estimate of drug-likeness (QED) is 0.871. The van der Waals surface area contributed by atoms with Gasteiger partial charge in [-0.05, 0) is 0 Å². The highest BCUT2D eigenvalue weighted by molar-refractivity contribution is 9.08. The van der Waals surface area contributed by atoms with Crippen molar-refractivity contribution < 1.29 is 22.6 Å². The maximum Gasteiger partial charge on any atom is 0.573 e. The Bertz CT molecular complexity index is 430. The molecule has 90 valence electrons. The van der Waals surface area contributed by atoms with Crippen LogP contribution in [0.15, 0.2) is 11.0 Å². The summed E-state index contributed by atoms with van der Waals surface area (Å²) in [6.45, 7) is 0. The van der Waals surface area contributed by atoms with Gasteiger partial charge in [0.1, 0.15) is 0 Å². The standard InChI is InChI=1S/C8H7BrF3NO3/c1-15-5-4(2-9)3-13-7(14)6(5)16-8(10,11)12/h3H,2H2,1H3,(H,13,14). The van der Waals surface area contributed by atoms with Crippen molar-refractivity contribution in [2.24, 2.45) is 0 Å². The summed E-state index contributed by atoms with van der Waals surface area (Å²) >= 11 is 3.05. The molecule has 1 heterocycles. The third-order valence-corrected chi connectivity index (χ3v) is 2.25. The summed E-state index contributed by atoms with van der Waals surface area (Å²) in [5.74, 6) is -1.13. The maximum absolute atomic E-state index is 12.0. The Kier molecular flexibility index (Phi) is 3.84. The van der Waals surface area contributed by atoms with E-state index in [4.69, 9.17) is 4.74 Å². The minimum absolute atomic E-state index is 0.223. The van der Waals surface area contributed by atoms with E-state index >= 15 is 0 Å². The van der Waals surface area contributed by atoms with Crippen LogP contribution in [0.3, 0.4) is 0 Å². The molecular formula is C8H7BrF3NO3. The third-order valence-electron chi connectivity index (χ3n) is 1.65. The van der Waals surface area contributed by atoms with Crippen molar-refractivity contribution in [1.29, 1.82) is 0 Å². The van der Waals surface area contributed by atoms with Crippen LogP contribution in [0, 0.1) is 0 Å². The highest BCUT2D eigenvalue weighted by atomic mass is 79.9. The molecule has 0 aliphatic heterocycles. The lowest BCUT2D eigenvalue weighted by molar-refractivity contribution is -0.275. The number of ether oxygens (including phenoxy) is 2. The van der Waals surface area contributed by atoms with Gasteiger partial charge in [0.25, 0.3) is 5.56 Å². The number of rotatable bonds is 3. The molecule has 0 unspecified atom stereocenters. The summed E-state index contributed by atoms with van der Waals surface area (Å²) in [5, 5.41) is 0.223. The molecule has 1 rings (SSSR count). The lowest BCUT2D eigenvalue weighted by Crippen LogP contribution is -2.23. The molecule has 0 saturated carbocycles. The minimum atomic E-state index is -4.94. The number of halogens is 4. The third kappa shape index (κ3) is 2.91. The molecule has 0 spiro atoms. The van der Waals surface area contributed by atoms with Crippen LogP contribution in [-0.2, 0) is 5.33 Å². The molecule has 0 radical (unpaired) electrons. The SMILES string of the molecule is COc1c(CBr)c[nH]c(=O)c1OC(F)(F)F. The molecule has 8 heteroatoms. The predicted octanol–water partition coefficient (Wildman–Crippen LogP) is 2.18. The second-order valence-electron chi connectivity index (χ2n) is 2.69. The van der Waals surface area contributed by atoms with Crippen LogP contribution >= 0.6 is 15.9 Å². The van der Waals surface area contributed by atoms with Gasteiger partial charge in [0.15, 0.2) is 5.75 Å². The fraction of sp³-hybridized carbons (Fsp3) is 0.375. The number of hydrogen-bond donors (Lipinski definition) is 1. The number of aromatic amines is 1. The van der Waals surface area contributed by atoms with E-state index in [0.29, 0.717) is 5.56 Å². The van der Waals surface area contributed by atoms with Crippen LogP contribution < -0.4 is 15.0 Å². The Morgan fingerprint density at radius 3 is 2.50 bits per heavy atom. The fourth-order valence-corrected chi connectivity index (χ4v) is 1.48. The van der Waals surface area contributed by atoms with E-state index in [1.165, 1.54) is 6.20 Å². The van der Waals surface area contributed by atoms with Gasteiger partial charge in [-0.1, -0.05) is 15.9 Å². The first-order valence-corrected chi connectivity index (χ1v) is 5.11. The molecule has 0 amide bonds. The van der Waals surface area contributed by atoms with Crippen molar-refractivity contribution in [1.82, 2.24) is 4.98 Å². The Labute approximate surface area is 96.5 Å². The number of pyridine rings is 1. The monoisotopic (exact) mass is 301 g/mol. The van der Waals surface area contributed by atoms with Crippen molar-refractivity contribution in [3.63, 3.8) is 0 Å². The first-order valence-electron chi connectivity index (χ1n) is 3.99. The van der Waals surface area contributed by atoms with Crippen LogP contribution in [-0.4, -0.2) is 18.5 Å². The van der Waals surface area contributed by atoms with Gasteiger partial charge in [0.2, 0.25) is 5.75 Å². The Hall–Kier alpha value is -1.18. The van der Waals surface area contributed by atoms with Crippen molar-refractivity contribution in [2.45, 2.75) is 11.7 Å². The number of nitrogens with one attached hydrogen (secondary N) is 1. The molecule has 0 fully saturated rings. The molecule has 1 N–H and O–H groups in total. The van der Waals surface area contributed by atoms with Crippen molar-refractivity contribution >= 4 is 15.9 Å². The van der Waals surface area contributed by atoms with Gasteiger partial charge >= 0.3 is 6.36 Å². The summed E-state index contributed by atoms with van der Waals surface area (Å²) in [4.78, 5) is 13.3. The zero-order chi connectivity index (χ0) is 12.3. The van der Waals surface area contributed by atoms with Gasteiger partial charge in [0, 0.05) is 17.1 Å². The van der Waals surface area contributed by atoms with Crippen molar-refractivity contribution in [3.8, 4) is 11.5 Å². The van der Waals surface area contributed by atoms with E-state index in [2.05, 4.69) is 25.7 Å². The van der Waals surface area contributed by atoms with Gasteiger partial charge in [0.05, 0.1) is 7.11 Å². The summed E-state index contributed by atoms with van der Waals surface area (Å²) < 4.78 is 44.4. The first kappa shape index (κ1) is 12.9. The van der Waals surface area contributed by atoms with Gasteiger partial charge in [-0.3, -0.25) is 4.79 Å². The van der Waals surface area contributed by atoms with E-state index in [9.17, 15) is 18.0 Å². The number of methoxy groups -OCH3 is 1. The summed E-state index contributed by atoms with van der Waals surface area (Å²) in [7, 11) is 1.16. The topological polar surface area (TPSA) is 51.3 Å². The number of aromatic nitrogens is 1. The highest BCUT2D eigenvalue weighted by Gasteiger charge is 2.34. The van der Waals surface area contributed by atoms with E-state index in [1.807, 2.05) is 0 Å². The normalized spacial score (nSPS) is 11.3. The molecular weight excluding hydrogens is 295 g/mol. The summed E-state index contributed by atoms with van der Waals surface area (Å²) in [6, 6.07) is 0. The molecule has 0 atom stereocenters. The van der Waals surface area contributed by atoms with Crippen LogP contribution in [0.4, 0.5) is 13.2 Å². The zero-order valence-electron chi connectivity index (χ0n) is 8.02. The first-order chi connectivity index (χ1) is 7.39. The summed E-state index contributed by atoms with van der Waals surface area (Å²) in [5.41, 5.74) is -0.653. The number of H-pyrrole nitrogens is 1. The van der Waals surface area contributed by atoms with Crippen molar-refractivity contribution in [2.75, 3.05) is 7.11 Å². The molecule has 0 aliphatic rings. The van der Waals surface area contributed by atoms with E-state index in [1.54, 1.807) is 0 Å². The van der Waals surface area contributed by atoms with Gasteiger partial charge in [-0.25, -0.2) is 0 Å². The van der Waals surface area contributed by atoms with Gasteiger partial charge in [-0.15, -0.1) is 13.2 Å². The second kappa shape index (κ2) is 4.77. The predicted molar refractivity (Wildman–Crippen MR) is 52.9 cm³/mol. The largest absolute Gasteiger partial charge is 0.573 e. The minimum Gasteiger partial charge on any atom is -0.492 e. The second-order valence-corrected chi connectivity index (χ2v) is 3.25. The average molecular weight is 302 g/mol. The molecule has 0 bridgehead atoms. The van der Waals surface area contributed by atoms with Crippen LogP contribution in [0.5, 0.6) is 11.5 Å². The molecule has 4 nitrogen and oxygen atoms in total. The molecule has 0 saturated heterocycles. The number of alkyl halides is 4. The highest BCUT2D eigenvalue weighted by Crippen LogP contribution is 2.32.